The normalized spacial score (nSPS) is 9.75. The second-order valence-electron chi connectivity index (χ2n) is 4.90. The van der Waals surface area contributed by atoms with E-state index in [1.807, 2.05) is 0 Å². The van der Waals surface area contributed by atoms with E-state index in [4.69, 9.17) is 10.3 Å². The maximum atomic E-state index is 11.4. The Morgan fingerprint density at radius 2 is 2.25 bits per heavy atom. The molecule has 0 unspecified atom stereocenters. The Bertz CT molecular complexity index is 587. The van der Waals surface area contributed by atoms with Gasteiger partial charge in [-0.3, -0.25) is 0 Å². The van der Waals surface area contributed by atoms with Gasteiger partial charge < -0.3 is 10.1 Å². The third kappa shape index (κ3) is 6.34. The van der Waals surface area contributed by atoms with Crippen LogP contribution in [0.15, 0.2) is 29.4 Å². The van der Waals surface area contributed by atoms with Gasteiger partial charge in [0.1, 0.15) is 5.60 Å². The molecule has 0 fully saturated rings. The van der Waals surface area contributed by atoms with E-state index < -0.39 is 11.7 Å². The summed E-state index contributed by atoms with van der Waals surface area (Å²) in [6.45, 7) is 5.55. The number of hydrogen-bond acceptors (Lipinski definition) is 3. The Hall–Kier alpha value is -2.64. The van der Waals surface area contributed by atoms with Crippen molar-refractivity contribution in [3.8, 4) is 11.8 Å². The van der Waals surface area contributed by atoms with Crippen LogP contribution in [0.25, 0.3) is 10.4 Å². The topological polar surface area (TPSA) is 87.1 Å². The van der Waals surface area contributed by atoms with Gasteiger partial charge in [-0.25, -0.2) is 4.79 Å². The minimum atomic E-state index is -0.527. The summed E-state index contributed by atoms with van der Waals surface area (Å²) in [7, 11) is 0. The van der Waals surface area contributed by atoms with Gasteiger partial charge in [0.2, 0.25) is 0 Å². The highest BCUT2D eigenvalue weighted by atomic mass is 16.6. The molecule has 104 valence electrons. The number of nitrogens with one attached hydrogen (secondary N) is 1. The molecular formula is C14H16N4O2. The molecule has 6 heteroatoms. The quantitative estimate of drug-likeness (QED) is 0.386. The minimum Gasteiger partial charge on any atom is -0.444 e. The van der Waals surface area contributed by atoms with E-state index in [2.05, 4.69) is 27.2 Å². The standard InChI is InChI=1S/C14H16N4O2/c1-14(2,3)20-13(19)16-9-5-7-11-6-4-8-12(10-11)17-18-15/h4,6,8,10H,9H2,1-3H3,(H,16,19). The Labute approximate surface area is 117 Å². The van der Waals surface area contributed by atoms with Crippen molar-refractivity contribution in [1.82, 2.24) is 5.32 Å². The summed E-state index contributed by atoms with van der Waals surface area (Å²) >= 11 is 0. The summed E-state index contributed by atoms with van der Waals surface area (Å²) < 4.78 is 5.07. The molecule has 1 amide bonds. The van der Waals surface area contributed by atoms with Crippen molar-refractivity contribution in [2.24, 2.45) is 5.11 Å². The first-order chi connectivity index (χ1) is 9.40. The van der Waals surface area contributed by atoms with Crippen LogP contribution in [-0.2, 0) is 4.74 Å². The van der Waals surface area contributed by atoms with E-state index in [0.29, 0.717) is 11.3 Å². The van der Waals surface area contributed by atoms with Crippen LogP contribution in [0.2, 0.25) is 0 Å². The fraction of sp³-hybridized carbons (Fsp3) is 0.357. The van der Waals surface area contributed by atoms with Gasteiger partial charge in [0, 0.05) is 16.2 Å². The van der Waals surface area contributed by atoms with Gasteiger partial charge >= 0.3 is 6.09 Å². The Balaban J connectivity index is 2.53. The molecule has 0 atom stereocenters. The maximum absolute atomic E-state index is 11.4. The first-order valence-electron chi connectivity index (χ1n) is 6.01. The van der Waals surface area contributed by atoms with Crippen LogP contribution in [-0.4, -0.2) is 18.2 Å². The molecule has 0 aliphatic heterocycles. The molecule has 1 N–H and O–H groups in total. The summed E-state index contributed by atoms with van der Waals surface area (Å²) in [6.07, 6.45) is -0.505. The molecule has 20 heavy (non-hydrogen) atoms. The number of amides is 1. The molecule has 0 heterocycles. The summed E-state index contributed by atoms with van der Waals surface area (Å²) in [5.74, 6) is 5.65. The number of benzene rings is 1. The third-order valence-corrected chi connectivity index (χ3v) is 1.96. The highest BCUT2D eigenvalue weighted by Crippen LogP contribution is 2.13. The summed E-state index contributed by atoms with van der Waals surface area (Å²) in [6, 6.07) is 6.89. The van der Waals surface area contributed by atoms with Gasteiger partial charge in [0.15, 0.2) is 0 Å². The number of hydrogen-bond donors (Lipinski definition) is 1. The zero-order valence-electron chi connectivity index (χ0n) is 11.7. The van der Waals surface area contributed by atoms with Crippen LogP contribution in [0.3, 0.4) is 0 Å². The van der Waals surface area contributed by atoms with Crippen molar-refractivity contribution in [1.29, 1.82) is 0 Å². The van der Waals surface area contributed by atoms with Gasteiger partial charge in [0.25, 0.3) is 0 Å². The van der Waals surface area contributed by atoms with E-state index in [-0.39, 0.29) is 6.54 Å². The van der Waals surface area contributed by atoms with Crippen molar-refractivity contribution >= 4 is 11.8 Å². The number of nitrogens with zero attached hydrogens (tertiary/aromatic N) is 3. The maximum Gasteiger partial charge on any atom is 0.408 e. The lowest BCUT2D eigenvalue weighted by Crippen LogP contribution is -2.32. The van der Waals surface area contributed by atoms with E-state index >= 15 is 0 Å². The predicted octanol–water partition coefficient (Wildman–Crippen LogP) is 3.50. The van der Waals surface area contributed by atoms with Crippen LogP contribution in [0.5, 0.6) is 0 Å². The molecule has 6 nitrogen and oxygen atoms in total. The van der Waals surface area contributed by atoms with E-state index in [9.17, 15) is 4.79 Å². The van der Waals surface area contributed by atoms with E-state index in [0.717, 1.165) is 0 Å². The van der Waals surface area contributed by atoms with E-state index in [1.54, 1.807) is 45.0 Å². The second-order valence-corrected chi connectivity index (χ2v) is 4.90. The van der Waals surface area contributed by atoms with E-state index in [1.165, 1.54) is 0 Å². The third-order valence-electron chi connectivity index (χ3n) is 1.96. The first kappa shape index (κ1) is 15.4. The number of carbonyl (C=O) groups is 1. The molecule has 0 saturated heterocycles. The summed E-state index contributed by atoms with van der Waals surface area (Å²) in [5.41, 5.74) is 9.02. The molecule has 0 spiro atoms. The summed E-state index contributed by atoms with van der Waals surface area (Å²) in [4.78, 5) is 14.1. The van der Waals surface area contributed by atoms with Crippen molar-refractivity contribution in [2.75, 3.05) is 6.54 Å². The molecule has 0 radical (unpaired) electrons. The predicted molar refractivity (Wildman–Crippen MR) is 76.4 cm³/mol. The molecule has 0 bridgehead atoms. The van der Waals surface area contributed by atoms with Gasteiger partial charge in [-0.05, 0) is 38.4 Å². The number of carbonyl (C=O) groups excluding carboxylic acids is 1. The number of ether oxygens (including phenoxy) is 1. The van der Waals surface area contributed by atoms with Crippen molar-refractivity contribution in [3.05, 3.63) is 40.3 Å². The van der Waals surface area contributed by atoms with Crippen LogP contribution < -0.4 is 5.32 Å². The lowest BCUT2D eigenvalue weighted by atomic mass is 10.2. The largest absolute Gasteiger partial charge is 0.444 e. The second kappa shape index (κ2) is 7.07. The van der Waals surface area contributed by atoms with Gasteiger partial charge in [0.05, 0.1) is 6.54 Å². The van der Waals surface area contributed by atoms with Gasteiger partial charge in [-0.2, -0.15) is 0 Å². The van der Waals surface area contributed by atoms with Crippen LogP contribution in [0.4, 0.5) is 10.5 Å². The fourth-order valence-corrected chi connectivity index (χ4v) is 1.27. The Morgan fingerprint density at radius 1 is 1.50 bits per heavy atom. The molecule has 0 aliphatic carbocycles. The number of alkyl carbamates (subject to hydrolysis) is 1. The van der Waals surface area contributed by atoms with Gasteiger partial charge in [-0.15, -0.1) is 0 Å². The lowest BCUT2D eigenvalue weighted by Gasteiger charge is -2.18. The number of rotatable bonds is 2. The molecule has 0 aliphatic rings. The first-order valence-corrected chi connectivity index (χ1v) is 6.01. The van der Waals surface area contributed by atoms with Crippen molar-refractivity contribution < 1.29 is 9.53 Å². The zero-order chi connectivity index (χ0) is 15.0. The highest BCUT2D eigenvalue weighted by Gasteiger charge is 2.14. The SMILES string of the molecule is CC(C)(C)OC(=O)NCC#Cc1cccc(N=[N+]=[N-])c1. The van der Waals surface area contributed by atoms with Crippen molar-refractivity contribution in [3.63, 3.8) is 0 Å². The molecule has 0 aromatic heterocycles. The zero-order valence-corrected chi connectivity index (χ0v) is 11.7. The van der Waals surface area contributed by atoms with Crippen LogP contribution >= 0.6 is 0 Å². The molecule has 1 aromatic carbocycles. The van der Waals surface area contributed by atoms with Crippen LogP contribution in [0.1, 0.15) is 26.3 Å². The monoisotopic (exact) mass is 272 g/mol. The minimum absolute atomic E-state index is 0.181. The highest BCUT2D eigenvalue weighted by molar-refractivity contribution is 5.68. The van der Waals surface area contributed by atoms with Crippen molar-refractivity contribution in [2.45, 2.75) is 26.4 Å². The van der Waals surface area contributed by atoms with Gasteiger partial charge in [-0.1, -0.05) is 29.1 Å². The smallest absolute Gasteiger partial charge is 0.408 e. The molecule has 0 saturated carbocycles. The number of azide groups is 1. The fourth-order valence-electron chi connectivity index (χ4n) is 1.27. The average Bonchev–Trinajstić information content (AvgIpc) is 2.33. The Morgan fingerprint density at radius 3 is 2.90 bits per heavy atom. The van der Waals surface area contributed by atoms with Crippen LogP contribution in [0, 0.1) is 11.8 Å². The Kier molecular flexibility index (Phi) is 5.45. The summed E-state index contributed by atoms with van der Waals surface area (Å²) in [5, 5.41) is 6.02. The molecule has 1 rings (SSSR count). The average molecular weight is 272 g/mol. The molecular weight excluding hydrogens is 256 g/mol. The lowest BCUT2D eigenvalue weighted by molar-refractivity contribution is 0.0535. The molecule has 1 aromatic rings.